The fraction of sp³-hybridized carbons (Fsp3) is 0.125. The Labute approximate surface area is 147 Å². The number of anilines is 2. The van der Waals surface area contributed by atoms with Crippen molar-refractivity contribution >= 4 is 45.8 Å². The van der Waals surface area contributed by atoms with Gasteiger partial charge in [0.1, 0.15) is 0 Å². The Morgan fingerprint density at radius 2 is 1.35 bits per heavy atom. The highest BCUT2D eigenvalue weighted by Gasteiger charge is 2.15. The van der Waals surface area contributed by atoms with Gasteiger partial charge in [0.05, 0.1) is 14.2 Å². The summed E-state index contributed by atoms with van der Waals surface area (Å²) in [5.41, 5.74) is 0.989. The number of benzene rings is 2. The van der Waals surface area contributed by atoms with Crippen molar-refractivity contribution in [1.29, 1.82) is 0 Å². The first-order valence-corrected chi connectivity index (χ1v) is 7.71. The fourth-order valence-corrected chi connectivity index (χ4v) is 2.18. The van der Waals surface area contributed by atoms with Crippen molar-refractivity contribution in [1.82, 2.24) is 0 Å². The van der Waals surface area contributed by atoms with Crippen LogP contribution < -0.4 is 20.1 Å². The standard InChI is InChI=1S/C16H15IN2O4/c1-22-13-8-7-12(9-14(13)23-2)19-16(21)15(20)18-11-5-3-10(17)4-6-11/h3-9H,1-2H3,(H,18,20)(H,19,21). The molecule has 0 aliphatic rings. The van der Waals surface area contributed by atoms with E-state index in [1.54, 1.807) is 30.3 Å². The Kier molecular flexibility index (Phi) is 5.80. The van der Waals surface area contributed by atoms with Crippen LogP contribution in [0, 0.1) is 3.57 Å². The van der Waals surface area contributed by atoms with Crippen LogP contribution in [0.5, 0.6) is 11.5 Å². The topological polar surface area (TPSA) is 76.7 Å². The van der Waals surface area contributed by atoms with E-state index in [1.807, 2.05) is 12.1 Å². The van der Waals surface area contributed by atoms with Gasteiger partial charge in [-0.3, -0.25) is 9.59 Å². The molecule has 2 aromatic carbocycles. The molecule has 0 unspecified atom stereocenters. The minimum absolute atomic E-state index is 0.436. The summed E-state index contributed by atoms with van der Waals surface area (Å²) in [5.74, 6) is -0.519. The van der Waals surface area contributed by atoms with Gasteiger partial charge in [-0.1, -0.05) is 0 Å². The van der Waals surface area contributed by atoms with Crippen LogP contribution in [0.3, 0.4) is 0 Å². The molecule has 0 aliphatic heterocycles. The number of hydrogen-bond donors (Lipinski definition) is 2. The van der Waals surface area contributed by atoms with Gasteiger partial charge in [-0.2, -0.15) is 0 Å². The monoisotopic (exact) mass is 426 g/mol. The fourth-order valence-electron chi connectivity index (χ4n) is 1.82. The zero-order valence-corrected chi connectivity index (χ0v) is 14.7. The first-order valence-electron chi connectivity index (χ1n) is 6.63. The molecule has 0 heterocycles. The predicted molar refractivity (Wildman–Crippen MR) is 96.0 cm³/mol. The number of carbonyl (C=O) groups excluding carboxylic acids is 2. The van der Waals surface area contributed by atoms with Crippen LogP contribution in [0.4, 0.5) is 11.4 Å². The second kappa shape index (κ2) is 7.82. The Balaban J connectivity index is 2.03. The smallest absolute Gasteiger partial charge is 0.314 e. The molecule has 120 valence electrons. The second-order valence-corrected chi connectivity index (χ2v) is 5.73. The summed E-state index contributed by atoms with van der Waals surface area (Å²) in [6, 6.07) is 12.0. The maximum absolute atomic E-state index is 11.9. The van der Waals surface area contributed by atoms with E-state index in [0.717, 1.165) is 3.57 Å². The van der Waals surface area contributed by atoms with Crippen LogP contribution in [0.2, 0.25) is 0 Å². The number of ether oxygens (including phenoxy) is 2. The van der Waals surface area contributed by atoms with Crippen molar-refractivity contribution < 1.29 is 19.1 Å². The quantitative estimate of drug-likeness (QED) is 0.583. The SMILES string of the molecule is COc1ccc(NC(=O)C(=O)Nc2ccc(I)cc2)cc1OC. The maximum Gasteiger partial charge on any atom is 0.314 e. The number of carbonyl (C=O) groups is 2. The number of amides is 2. The normalized spacial score (nSPS) is 9.87. The molecule has 2 rings (SSSR count). The van der Waals surface area contributed by atoms with Gasteiger partial charge in [0.25, 0.3) is 0 Å². The molecule has 2 amide bonds. The molecule has 23 heavy (non-hydrogen) atoms. The summed E-state index contributed by atoms with van der Waals surface area (Å²) in [6.07, 6.45) is 0. The van der Waals surface area contributed by atoms with Crippen LogP contribution in [0.25, 0.3) is 0 Å². The first kappa shape index (κ1) is 17.1. The van der Waals surface area contributed by atoms with Gasteiger partial charge in [0.15, 0.2) is 11.5 Å². The molecule has 6 nitrogen and oxygen atoms in total. The highest BCUT2D eigenvalue weighted by Crippen LogP contribution is 2.29. The minimum atomic E-state index is -0.768. The molecule has 2 N–H and O–H groups in total. The Hall–Kier alpha value is -2.29. The zero-order chi connectivity index (χ0) is 16.8. The highest BCUT2D eigenvalue weighted by atomic mass is 127. The van der Waals surface area contributed by atoms with Gasteiger partial charge in [-0.25, -0.2) is 0 Å². The number of rotatable bonds is 4. The van der Waals surface area contributed by atoms with E-state index in [1.165, 1.54) is 14.2 Å². The average molecular weight is 426 g/mol. The second-order valence-electron chi connectivity index (χ2n) is 4.48. The molecule has 0 bridgehead atoms. The summed E-state index contributed by atoms with van der Waals surface area (Å²) in [4.78, 5) is 23.8. The summed E-state index contributed by atoms with van der Waals surface area (Å²) >= 11 is 2.16. The van der Waals surface area contributed by atoms with Crippen LogP contribution in [-0.4, -0.2) is 26.0 Å². The van der Waals surface area contributed by atoms with Crippen LogP contribution >= 0.6 is 22.6 Å². The molecule has 7 heteroatoms. The molecule has 0 saturated carbocycles. The van der Waals surface area contributed by atoms with Gasteiger partial charge in [0.2, 0.25) is 0 Å². The van der Waals surface area contributed by atoms with E-state index >= 15 is 0 Å². The zero-order valence-electron chi connectivity index (χ0n) is 12.6. The average Bonchev–Trinajstić information content (AvgIpc) is 2.56. The molecular weight excluding hydrogens is 411 g/mol. The van der Waals surface area contributed by atoms with Gasteiger partial charge in [-0.15, -0.1) is 0 Å². The Morgan fingerprint density at radius 1 is 0.826 bits per heavy atom. The molecule has 0 atom stereocenters. The van der Waals surface area contributed by atoms with Gasteiger partial charge in [-0.05, 0) is 59.0 Å². The lowest BCUT2D eigenvalue weighted by Crippen LogP contribution is -2.29. The largest absolute Gasteiger partial charge is 0.493 e. The van der Waals surface area contributed by atoms with E-state index in [-0.39, 0.29) is 0 Å². The number of hydrogen-bond acceptors (Lipinski definition) is 4. The van der Waals surface area contributed by atoms with E-state index in [4.69, 9.17) is 9.47 Å². The molecule has 0 saturated heterocycles. The molecule has 0 aliphatic carbocycles. The summed E-state index contributed by atoms with van der Waals surface area (Å²) < 4.78 is 11.3. The Bertz CT molecular complexity index is 717. The summed E-state index contributed by atoms with van der Waals surface area (Å²) in [6.45, 7) is 0. The minimum Gasteiger partial charge on any atom is -0.493 e. The number of methoxy groups -OCH3 is 2. The van der Waals surface area contributed by atoms with Crippen molar-refractivity contribution in [2.24, 2.45) is 0 Å². The van der Waals surface area contributed by atoms with Crippen LogP contribution in [0.1, 0.15) is 0 Å². The van der Waals surface area contributed by atoms with Crippen molar-refractivity contribution in [3.8, 4) is 11.5 Å². The van der Waals surface area contributed by atoms with Crippen molar-refractivity contribution in [2.75, 3.05) is 24.9 Å². The van der Waals surface area contributed by atoms with Crippen molar-refractivity contribution in [3.63, 3.8) is 0 Å². The molecule has 0 aromatic heterocycles. The maximum atomic E-state index is 11.9. The van der Waals surface area contributed by atoms with Gasteiger partial charge < -0.3 is 20.1 Å². The highest BCUT2D eigenvalue weighted by molar-refractivity contribution is 14.1. The first-order chi connectivity index (χ1) is 11.0. The molecule has 0 fully saturated rings. The van der Waals surface area contributed by atoms with E-state index < -0.39 is 11.8 Å². The van der Waals surface area contributed by atoms with E-state index in [2.05, 4.69) is 33.2 Å². The predicted octanol–water partition coefficient (Wildman–Crippen LogP) is 2.89. The van der Waals surface area contributed by atoms with Crippen LogP contribution in [-0.2, 0) is 9.59 Å². The molecule has 0 radical (unpaired) electrons. The molecule has 0 spiro atoms. The third-order valence-electron chi connectivity index (χ3n) is 2.95. The van der Waals surface area contributed by atoms with Crippen LogP contribution in [0.15, 0.2) is 42.5 Å². The van der Waals surface area contributed by atoms with E-state index in [0.29, 0.717) is 22.9 Å². The van der Waals surface area contributed by atoms with Gasteiger partial charge in [0, 0.05) is 21.0 Å². The summed E-state index contributed by atoms with van der Waals surface area (Å²) in [5, 5.41) is 5.04. The lowest BCUT2D eigenvalue weighted by molar-refractivity contribution is -0.132. The third kappa shape index (κ3) is 4.59. The van der Waals surface area contributed by atoms with Gasteiger partial charge >= 0.3 is 11.8 Å². The van der Waals surface area contributed by atoms with Crippen molar-refractivity contribution in [2.45, 2.75) is 0 Å². The molecule has 2 aromatic rings. The Morgan fingerprint density at radius 3 is 1.91 bits per heavy atom. The lowest BCUT2D eigenvalue weighted by atomic mass is 10.2. The van der Waals surface area contributed by atoms with E-state index in [9.17, 15) is 9.59 Å². The third-order valence-corrected chi connectivity index (χ3v) is 3.67. The summed E-state index contributed by atoms with van der Waals surface area (Å²) in [7, 11) is 3.01. The lowest BCUT2D eigenvalue weighted by Gasteiger charge is -2.10. The molecular formula is C16H15IN2O4. The number of halogens is 1. The van der Waals surface area contributed by atoms with Crippen molar-refractivity contribution in [3.05, 3.63) is 46.0 Å². The number of nitrogens with one attached hydrogen (secondary N) is 2.